The number of hydrogen-bond acceptors (Lipinski definition) is 5. The van der Waals surface area contributed by atoms with Gasteiger partial charge >= 0.3 is 5.97 Å². The first kappa shape index (κ1) is 13.0. The maximum atomic E-state index is 11.8. The SMILES string of the molecule is COC(=O)C(NC1COCC1O)c1ccccc1. The van der Waals surface area contributed by atoms with Crippen molar-refractivity contribution in [2.45, 2.75) is 18.2 Å². The fourth-order valence-corrected chi connectivity index (χ4v) is 1.98. The number of methoxy groups -OCH3 is 1. The highest BCUT2D eigenvalue weighted by atomic mass is 16.5. The summed E-state index contributed by atoms with van der Waals surface area (Å²) in [6.45, 7) is 0.682. The largest absolute Gasteiger partial charge is 0.468 e. The molecule has 5 nitrogen and oxygen atoms in total. The summed E-state index contributed by atoms with van der Waals surface area (Å²) >= 11 is 0. The third-order valence-electron chi connectivity index (χ3n) is 3.00. The van der Waals surface area contributed by atoms with E-state index in [0.717, 1.165) is 5.56 Å². The summed E-state index contributed by atoms with van der Waals surface area (Å²) in [6, 6.07) is 8.44. The molecule has 0 aliphatic carbocycles. The number of carbonyl (C=O) groups excluding carboxylic acids is 1. The molecule has 1 aliphatic heterocycles. The van der Waals surface area contributed by atoms with E-state index in [-0.39, 0.29) is 12.0 Å². The minimum absolute atomic E-state index is 0.255. The Balaban J connectivity index is 2.13. The molecule has 3 atom stereocenters. The molecule has 1 aromatic rings. The van der Waals surface area contributed by atoms with E-state index in [1.807, 2.05) is 30.3 Å². The molecule has 1 saturated heterocycles. The standard InChI is InChI=1S/C13H17NO4/c1-17-13(16)12(9-5-3-2-4-6-9)14-10-7-18-8-11(10)15/h2-6,10-12,14-15H,7-8H2,1H3. The number of esters is 1. The maximum Gasteiger partial charge on any atom is 0.327 e. The fourth-order valence-electron chi connectivity index (χ4n) is 1.98. The van der Waals surface area contributed by atoms with E-state index < -0.39 is 12.1 Å². The lowest BCUT2D eigenvalue weighted by Crippen LogP contribution is -2.44. The van der Waals surface area contributed by atoms with Crippen LogP contribution < -0.4 is 5.32 Å². The number of carbonyl (C=O) groups is 1. The lowest BCUT2D eigenvalue weighted by molar-refractivity contribution is -0.143. The highest BCUT2D eigenvalue weighted by molar-refractivity contribution is 5.77. The Bertz CT molecular complexity index is 395. The molecule has 2 rings (SSSR count). The van der Waals surface area contributed by atoms with Crippen LogP contribution in [0.5, 0.6) is 0 Å². The third kappa shape index (κ3) is 2.87. The molecule has 5 heteroatoms. The zero-order chi connectivity index (χ0) is 13.0. The zero-order valence-electron chi connectivity index (χ0n) is 10.2. The predicted molar refractivity (Wildman–Crippen MR) is 64.9 cm³/mol. The predicted octanol–water partition coefficient (Wildman–Crippen LogP) is 0.250. The Morgan fingerprint density at radius 1 is 1.44 bits per heavy atom. The average Bonchev–Trinajstić information content (AvgIpc) is 2.81. The monoisotopic (exact) mass is 251 g/mol. The lowest BCUT2D eigenvalue weighted by atomic mass is 10.1. The topological polar surface area (TPSA) is 67.8 Å². The number of ether oxygens (including phenoxy) is 2. The number of benzene rings is 1. The van der Waals surface area contributed by atoms with E-state index in [0.29, 0.717) is 13.2 Å². The smallest absolute Gasteiger partial charge is 0.327 e. The van der Waals surface area contributed by atoms with Crippen LogP contribution in [-0.4, -0.2) is 43.5 Å². The summed E-state index contributed by atoms with van der Waals surface area (Å²) in [6.07, 6.45) is -0.596. The highest BCUT2D eigenvalue weighted by Crippen LogP contribution is 2.17. The summed E-state index contributed by atoms with van der Waals surface area (Å²) in [5.74, 6) is -0.375. The number of aliphatic hydroxyl groups is 1. The van der Waals surface area contributed by atoms with Gasteiger partial charge in [-0.3, -0.25) is 5.32 Å². The molecule has 0 bridgehead atoms. The summed E-state index contributed by atoms with van der Waals surface area (Å²) in [4.78, 5) is 11.8. The first-order valence-electron chi connectivity index (χ1n) is 5.87. The van der Waals surface area contributed by atoms with Gasteiger partial charge in [-0.1, -0.05) is 30.3 Å². The van der Waals surface area contributed by atoms with Crippen LogP contribution >= 0.6 is 0 Å². The number of aliphatic hydroxyl groups excluding tert-OH is 1. The molecular formula is C13H17NO4. The Kier molecular flexibility index (Phi) is 4.30. The van der Waals surface area contributed by atoms with E-state index in [2.05, 4.69) is 5.32 Å². The van der Waals surface area contributed by atoms with Crippen LogP contribution in [0.25, 0.3) is 0 Å². The van der Waals surface area contributed by atoms with Crippen molar-refractivity contribution in [3.63, 3.8) is 0 Å². The fraction of sp³-hybridized carbons (Fsp3) is 0.462. The van der Waals surface area contributed by atoms with Crippen LogP contribution in [0.4, 0.5) is 0 Å². The normalized spacial score (nSPS) is 24.8. The molecule has 98 valence electrons. The van der Waals surface area contributed by atoms with Gasteiger partial charge in [0.2, 0.25) is 0 Å². The van der Waals surface area contributed by atoms with Crippen LogP contribution in [0, 0.1) is 0 Å². The molecule has 0 aromatic heterocycles. The summed E-state index contributed by atoms with van der Waals surface area (Å²) in [7, 11) is 1.35. The van der Waals surface area contributed by atoms with Gasteiger partial charge in [0, 0.05) is 0 Å². The first-order chi connectivity index (χ1) is 8.72. The second-order valence-electron chi connectivity index (χ2n) is 4.24. The van der Waals surface area contributed by atoms with E-state index in [4.69, 9.17) is 9.47 Å². The van der Waals surface area contributed by atoms with Crippen LogP contribution in [0.1, 0.15) is 11.6 Å². The number of nitrogens with one attached hydrogen (secondary N) is 1. The first-order valence-corrected chi connectivity index (χ1v) is 5.87. The molecule has 1 aliphatic rings. The Morgan fingerprint density at radius 2 is 2.17 bits per heavy atom. The summed E-state index contributed by atoms with van der Waals surface area (Å²) in [5, 5.41) is 12.8. The molecular weight excluding hydrogens is 234 g/mol. The van der Waals surface area contributed by atoms with Crippen LogP contribution in [0.2, 0.25) is 0 Å². The van der Waals surface area contributed by atoms with Gasteiger partial charge in [-0.15, -0.1) is 0 Å². The molecule has 0 radical (unpaired) electrons. The van der Waals surface area contributed by atoms with Crippen molar-refractivity contribution in [3.05, 3.63) is 35.9 Å². The Labute approximate surface area is 106 Å². The Morgan fingerprint density at radius 3 is 2.72 bits per heavy atom. The van der Waals surface area contributed by atoms with Gasteiger partial charge in [0.15, 0.2) is 0 Å². The molecule has 3 unspecified atom stereocenters. The van der Waals surface area contributed by atoms with E-state index in [9.17, 15) is 9.90 Å². The third-order valence-corrected chi connectivity index (χ3v) is 3.00. The van der Waals surface area contributed by atoms with Crippen molar-refractivity contribution in [1.29, 1.82) is 0 Å². The van der Waals surface area contributed by atoms with Crippen LogP contribution in [0.15, 0.2) is 30.3 Å². The van der Waals surface area contributed by atoms with Gasteiger partial charge in [0.05, 0.1) is 32.5 Å². The van der Waals surface area contributed by atoms with Gasteiger partial charge in [-0.05, 0) is 5.56 Å². The quantitative estimate of drug-likeness (QED) is 0.751. The second-order valence-corrected chi connectivity index (χ2v) is 4.24. The molecule has 1 fully saturated rings. The van der Waals surface area contributed by atoms with Crippen LogP contribution in [0.3, 0.4) is 0 Å². The van der Waals surface area contributed by atoms with Gasteiger partial charge in [0.1, 0.15) is 6.04 Å². The second kappa shape index (κ2) is 5.95. The van der Waals surface area contributed by atoms with Gasteiger partial charge in [-0.2, -0.15) is 0 Å². The van der Waals surface area contributed by atoms with E-state index >= 15 is 0 Å². The molecule has 0 amide bonds. The minimum atomic E-state index is -0.596. The molecule has 0 spiro atoms. The van der Waals surface area contributed by atoms with Gasteiger partial charge < -0.3 is 14.6 Å². The molecule has 2 N–H and O–H groups in total. The van der Waals surface area contributed by atoms with Gasteiger partial charge in [-0.25, -0.2) is 4.79 Å². The van der Waals surface area contributed by atoms with Crippen molar-refractivity contribution in [2.24, 2.45) is 0 Å². The average molecular weight is 251 g/mol. The van der Waals surface area contributed by atoms with Crippen molar-refractivity contribution in [3.8, 4) is 0 Å². The Hall–Kier alpha value is -1.43. The lowest BCUT2D eigenvalue weighted by Gasteiger charge is -2.22. The van der Waals surface area contributed by atoms with E-state index in [1.54, 1.807) is 0 Å². The molecule has 0 saturated carbocycles. The van der Waals surface area contributed by atoms with Crippen molar-refractivity contribution in [2.75, 3.05) is 20.3 Å². The summed E-state index contributed by atoms with van der Waals surface area (Å²) < 4.78 is 9.94. The number of rotatable bonds is 4. The molecule has 18 heavy (non-hydrogen) atoms. The number of hydrogen-bond donors (Lipinski definition) is 2. The zero-order valence-corrected chi connectivity index (χ0v) is 10.2. The molecule has 1 aromatic carbocycles. The van der Waals surface area contributed by atoms with E-state index in [1.165, 1.54) is 7.11 Å². The minimum Gasteiger partial charge on any atom is -0.468 e. The van der Waals surface area contributed by atoms with Crippen molar-refractivity contribution in [1.82, 2.24) is 5.32 Å². The van der Waals surface area contributed by atoms with Crippen molar-refractivity contribution < 1.29 is 19.4 Å². The van der Waals surface area contributed by atoms with Gasteiger partial charge in [0.25, 0.3) is 0 Å². The maximum absolute atomic E-state index is 11.8. The van der Waals surface area contributed by atoms with Crippen LogP contribution in [-0.2, 0) is 14.3 Å². The molecule has 1 heterocycles. The highest BCUT2D eigenvalue weighted by Gasteiger charge is 2.31. The van der Waals surface area contributed by atoms with Crippen molar-refractivity contribution >= 4 is 5.97 Å². The summed E-state index contributed by atoms with van der Waals surface area (Å²) in [5.41, 5.74) is 0.809.